The molecule has 0 atom stereocenters. The zero-order valence-electron chi connectivity index (χ0n) is 15.5. The molecule has 1 aromatic carbocycles. The monoisotopic (exact) mass is 407 g/mol. The fourth-order valence-corrected chi connectivity index (χ4v) is 3.22. The van der Waals surface area contributed by atoms with Crippen LogP contribution in [-0.4, -0.2) is 28.2 Å². The van der Waals surface area contributed by atoms with Crippen molar-refractivity contribution in [2.45, 2.75) is 13.8 Å². The van der Waals surface area contributed by atoms with Gasteiger partial charge < -0.3 is 8.83 Å². The van der Waals surface area contributed by atoms with E-state index in [1.807, 2.05) is 6.07 Å². The highest BCUT2D eigenvalue weighted by Gasteiger charge is 2.34. The molecular formula is C21H14ClN3O4. The second-order valence-electron chi connectivity index (χ2n) is 6.37. The molecule has 1 aliphatic heterocycles. The molecule has 1 aliphatic rings. The van der Waals surface area contributed by atoms with Gasteiger partial charge in [-0.15, -0.1) is 0 Å². The molecule has 0 fully saturated rings. The van der Waals surface area contributed by atoms with Gasteiger partial charge in [-0.25, -0.2) is 0 Å². The molecule has 0 bridgehead atoms. The van der Waals surface area contributed by atoms with E-state index in [1.165, 1.54) is 6.08 Å². The molecule has 4 rings (SSSR count). The van der Waals surface area contributed by atoms with Crippen LogP contribution in [-0.2, 0) is 9.59 Å². The Morgan fingerprint density at radius 2 is 1.93 bits per heavy atom. The number of benzene rings is 1. The highest BCUT2D eigenvalue weighted by Crippen LogP contribution is 2.31. The van der Waals surface area contributed by atoms with Crippen LogP contribution in [0.15, 0.2) is 55.9 Å². The van der Waals surface area contributed by atoms with Crippen LogP contribution >= 0.6 is 11.6 Å². The number of nitrogens with zero attached hydrogens (tertiary/aromatic N) is 3. The zero-order chi connectivity index (χ0) is 20.7. The number of hydrogen-bond acceptors (Lipinski definition) is 6. The van der Waals surface area contributed by atoms with E-state index >= 15 is 0 Å². The van der Waals surface area contributed by atoms with Crippen LogP contribution < -0.4 is 0 Å². The molecule has 8 heteroatoms. The molecule has 0 saturated carbocycles. The maximum absolute atomic E-state index is 12.7. The van der Waals surface area contributed by atoms with Crippen molar-refractivity contribution in [1.29, 1.82) is 5.26 Å². The predicted molar refractivity (Wildman–Crippen MR) is 105 cm³/mol. The molecular weight excluding hydrogens is 394 g/mol. The predicted octanol–water partition coefficient (Wildman–Crippen LogP) is 4.35. The van der Waals surface area contributed by atoms with E-state index < -0.39 is 11.8 Å². The number of carbonyl (C=O) groups is 2. The normalized spacial score (nSPS) is 16.2. The van der Waals surface area contributed by atoms with E-state index in [0.717, 1.165) is 10.5 Å². The summed E-state index contributed by atoms with van der Waals surface area (Å²) < 4.78 is 11.4. The lowest BCUT2D eigenvalue weighted by molar-refractivity contribution is -0.140. The van der Waals surface area contributed by atoms with Crippen molar-refractivity contribution >= 4 is 40.8 Å². The Kier molecular flexibility index (Phi) is 4.57. The average molecular weight is 408 g/mol. The first-order chi connectivity index (χ1) is 13.9. The van der Waals surface area contributed by atoms with Gasteiger partial charge in [0.1, 0.15) is 17.4 Å². The minimum absolute atomic E-state index is 0.0592. The van der Waals surface area contributed by atoms with E-state index in [4.69, 9.17) is 20.4 Å². The number of fused-ring (bicyclic) bond motifs is 1. The van der Waals surface area contributed by atoms with Crippen LogP contribution in [0.4, 0.5) is 0 Å². The summed E-state index contributed by atoms with van der Waals surface area (Å²) in [6.07, 6.45) is 1.49. The van der Waals surface area contributed by atoms with Crippen LogP contribution in [0.5, 0.6) is 0 Å². The number of aromatic nitrogens is 1. The molecule has 0 aliphatic carbocycles. The second kappa shape index (κ2) is 7.08. The molecule has 3 aromatic rings. The summed E-state index contributed by atoms with van der Waals surface area (Å²) in [6, 6.07) is 10.5. The number of rotatable bonds is 3. The Morgan fingerprint density at radius 3 is 2.55 bits per heavy atom. The van der Waals surface area contributed by atoms with Crippen LogP contribution in [0.3, 0.4) is 0 Å². The molecule has 2 aromatic heterocycles. The lowest BCUT2D eigenvalue weighted by Gasteiger charge is -2.25. The number of amides is 2. The molecule has 0 saturated heterocycles. The van der Waals surface area contributed by atoms with Crippen molar-refractivity contribution in [3.63, 3.8) is 0 Å². The topological polar surface area (TPSA) is 100 Å². The Bertz CT molecular complexity index is 1220. The summed E-state index contributed by atoms with van der Waals surface area (Å²) in [5, 5.41) is 9.91. The van der Waals surface area contributed by atoms with Gasteiger partial charge >= 0.3 is 0 Å². The quantitative estimate of drug-likeness (QED) is 0.472. The Balaban J connectivity index is 1.74. The Labute approximate surface area is 170 Å². The van der Waals surface area contributed by atoms with Gasteiger partial charge in [0.15, 0.2) is 5.58 Å². The van der Waals surface area contributed by atoms with E-state index in [9.17, 15) is 14.9 Å². The van der Waals surface area contributed by atoms with Crippen LogP contribution in [0.25, 0.3) is 28.8 Å². The highest BCUT2D eigenvalue weighted by atomic mass is 35.5. The molecule has 0 spiro atoms. The van der Waals surface area contributed by atoms with Crippen molar-refractivity contribution in [2.75, 3.05) is 6.54 Å². The van der Waals surface area contributed by atoms with Crippen molar-refractivity contribution in [2.24, 2.45) is 0 Å². The summed E-state index contributed by atoms with van der Waals surface area (Å²) in [6.45, 7) is 3.41. The molecule has 2 amide bonds. The number of furan rings is 1. The molecule has 7 nitrogen and oxygen atoms in total. The van der Waals surface area contributed by atoms with Gasteiger partial charge in [0.2, 0.25) is 5.89 Å². The minimum atomic E-state index is -0.586. The number of halogens is 1. The fraction of sp³-hybridized carbons (Fsp3) is 0.143. The minimum Gasteiger partial charge on any atom is -0.436 e. The van der Waals surface area contributed by atoms with Gasteiger partial charge in [0, 0.05) is 28.8 Å². The summed E-state index contributed by atoms with van der Waals surface area (Å²) in [5.41, 5.74) is 1.91. The van der Waals surface area contributed by atoms with Crippen molar-refractivity contribution in [3.05, 3.63) is 57.8 Å². The lowest BCUT2D eigenvalue weighted by Crippen LogP contribution is -2.42. The van der Waals surface area contributed by atoms with Crippen LogP contribution in [0.1, 0.15) is 19.6 Å². The molecule has 144 valence electrons. The Morgan fingerprint density at radius 1 is 1.21 bits per heavy atom. The fourth-order valence-electron chi connectivity index (χ4n) is 3.10. The van der Waals surface area contributed by atoms with Gasteiger partial charge in [-0.1, -0.05) is 11.6 Å². The first-order valence-electron chi connectivity index (χ1n) is 8.78. The summed E-state index contributed by atoms with van der Waals surface area (Å²) >= 11 is 5.89. The molecule has 29 heavy (non-hydrogen) atoms. The van der Waals surface area contributed by atoms with Crippen molar-refractivity contribution in [1.82, 2.24) is 9.88 Å². The van der Waals surface area contributed by atoms with E-state index in [1.54, 1.807) is 44.2 Å². The number of likely N-dealkylation sites (N-methyl/N-ethyl adjacent to an activating group) is 1. The van der Waals surface area contributed by atoms with E-state index in [-0.39, 0.29) is 23.4 Å². The number of nitriles is 1. The first-order valence-corrected chi connectivity index (χ1v) is 9.16. The van der Waals surface area contributed by atoms with Gasteiger partial charge in [-0.05, 0) is 49.8 Å². The van der Waals surface area contributed by atoms with Gasteiger partial charge in [0.25, 0.3) is 17.5 Å². The zero-order valence-corrected chi connectivity index (χ0v) is 16.3. The SMILES string of the molecule is CCN1C(=O)C(C#N)=C(C)/C(=C/c2cc3oc(-c4ccc(Cl)cc4)nc3o2)C1=O. The Hall–Kier alpha value is -3.63. The number of imide groups is 1. The lowest BCUT2D eigenvalue weighted by atomic mass is 9.95. The molecule has 0 radical (unpaired) electrons. The van der Waals surface area contributed by atoms with Gasteiger partial charge in [-0.2, -0.15) is 10.2 Å². The molecule has 3 heterocycles. The van der Waals surface area contributed by atoms with Gasteiger partial charge in [-0.3, -0.25) is 14.5 Å². The third-order valence-electron chi connectivity index (χ3n) is 4.63. The van der Waals surface area contributed by atoms with Crippen LogP contribution in [0, 0.1) is 11.3 Å². The number of carbonyl (C=O) groups excluding carboxylic acids is 2. The third kappa shape index (κ3) is 3.13. The smallest absolute Gasteiger partial charge is 0.271 e. The standard InChI is InChI=1S/C21H14ClN3O4/c1-3-25-20(26)15(11(2)16(10-23)21(25)27)8-14-9-17-19(28-14)24-18(29-17)12-4-6-13(22)7-5-12/h4-9H,3H2,1-2H3/b15-8-. The average Bonchev–Trinajstić information content (AvgIpc) is 3.25. The van der Waals surface area contributed by atoms with Gasteiger partial charge in [0.05, 0.1) is 0 Å². The summed E-state index contributed by atoms with van der Waals surface area (Å²) in [7, 11) is 0. The highest BCUT2D eigenvalue weighted by molar-refractivity contribution is 6.30. The molecule has 0 unspecified atom stereocenters. The maximum atomic E-state index is 12.7. The second-order valence-corrected chi connectivity index (χ2v) is 6.80. The maximum Gasteiger partial charge on any atom is 0.271 e. The van der Waals surface area contributed by atoms with Crippen molar-refractivity contribution in [3.8, 4) is 17.5 Å². The summed E-state index contributed by atoms with van der Waals surface area (Å²) in [5.74, 6) is -0.345. The number of oxazole rings is 1. The summed E-state index contributed by atoms with van der Waals surface area (Å²) in [4.78, 5) is 30.3. The largest absolute Gasteiger partial charge is 0.436 e. The number of hydrogen-bond donors (Lipinski definition) is 0. The van der Waals surface area contributed by atoms with E-state index in [2.05, 4.69) is 4.98 Å². The van der Waals surface area contributed by atoms with Crippen molar-refractivity contribution < 1.29 is 18.4 Å². The third-order valence-corrected chi connectivity index (χ3v) is 4.88. The first kappa shape index (κ1) is 18.7. The van der Waals surface area contributed by atoms with E-state index in [0.29, 0.717) is 27.8 Å². The van der Waals surface area contributed by atoms with Crippen LogP contribution in [0.2, 0.25) is 5.02 Å². The molecule has 0 N–H and O–H groups in total.